The van der Waals surface area contributed by atoms with E-state index in [4.69, 9.17) is 0 Å². The Morgan fingerprint density at radius 3 is 2.24 bits per heavy atom. The van der Waals surface area contributed by atoms with Crippen LogP contribution in [0.25, 0.3) is 0 Å². The first-order chi connectivity index (χ1) is 17.9. The Morgan fingerprint density at radius 1 is 0.892 bits per heavy atom. The number of amides is 1. The van der Waals surface area contributed by atoms with Gasteiger partial charge in [-0.25, -0.2) is 0 Å². The van der Waals surface area contributed by atoms with Gasteiger partial charge in [0, 0.05) is 45.0 Å². The summed E-state index contributed by atoms with van der Waals surface area (Å²) in [6.07, 6.45) is -2.74. The molecule has 37 heavy (non-hydrogen) atoms. The summed E-state index contributed by atoms with van der Waals surface area (Å²) in [6.45, 7) is 4.24. The zero-order valence-electron chi connectivity index (χ0n) is 20.8. The van der Waals surface area contributed by atoms with Crippen molar-refractivity contribution in [1.29, 1.82) is 0 Å². The molecule has 1 heterocycles. The van der Waals surface area contributed by atoms with Gasteiger partial charge in [0.2, 0.25) is 5.91 Å². The van der Waals surface area contributed by atoms with E-state index in [-0.39, 0.29) is 11.8 Å². The van der Waals surface area contributed by atoms with Crippen molar-refractivity contribution < 1.29 is 18.0 Å². The van der Waals surface area contributed by atoms with Gasteiger partial charge in [-0.15, -0.1) is 0 Å². The Morgan fingerprint density at radius 2 is 1.57 bits per heavy atom. The second-order valence-corrected chi connectivity index (χ2v) is 10.1. The van der Waals surface area contributed by atoms with Gasteiger partial charge in [0.05, 0.1) is 11.0 Å². The molecule has 194 valence electrons. The lowest BCUT2D eigenvalue weighted by atomic mass is 9.91. The number of rotatable bonds is 8. The Hall–Kier alpha value is -3.32. The maximum absolute atomic E-state index is 13.5. The predicted octanol–water partition coefficient (Wildman–Crippen LogP) is 5.14. The van der Waals surface area contributed by atoms with E-state index < -0.39 is 17.2 Å². The van der Waals surface area contributed by atoms with E-state index in [2.05, 4.69) is 22.3 Å². The summed E-state index contributed by atoms with van der Waals surface area (Å²) in [4.78, 5) is 17.8. The van der Waals surface area contributed by atoms with E-state index >= 15 is 0 Å². The molecule has 2 unspecified atom stereocenters. The first-order valence-corrected chi connectivity index (χ1v) is 12.9. The lowest BCUT2D eigenvalue weighted by molar-refractivity contribution is -0.137. The minimum absolute atomic E-state index is 0.0854. The molecule has 1 aliphatic heterocycles. The van der Waals surface area contributed by atoms with Crippen LogP contribution in [0.4, 0.5) is 18.9 Å². The molecule has 1 amide bonds. The number of piperazine rings is 1. The van der Waals surface area contributed by atoms with Gasteiger partial charge in [0.25, 0.3) is 0 Å². The zero-order valence-corrected chi connectivity index (χ0v) is 20.8. The molecule has 0 aromatic heterocycles. The number of nitrogens with zero attached hydrogens (tertiary/aromatic N) is 2. The average Bonchev–Trinajstić information content (AvgIpc) is 3.64. The Labute approximate surface area is 216 Å². The van der Waals surface area contributed by atoms with Crippen molar-refractivity contribution in [3.05, 3.63) is 102 Å². The first kappa shape index (κ1) is 25.3. The Balaban J connectivity index is 1.20. The number of carbonyl (C=O) groups excluding carboxylic acids is 1. The van der Waals surface area contributed by atoms with Crippen LogP contribution in [-0.2, 0) is 22.8 Å². The number of nitrogens with one attached hydrogen (secondary N) is 1. The topological polar surface area (TPSA) is 35.6 Å². The summed E-state index contributed by atoms with van der Waals surface area (Å²) >= 11 is 0. The molecule has 1 saturated heterocycles. The van der Waals surface area contributed by atoms with Crippen molar-refractivity contribution in [3.63, 3.8) is 0 Å². The molecular formula is C30H32F3N3O. The van der Waals surface area contributed by atoms with Crippen LogP contribution in [0.1, 0.15) is 23.1 Å². The molecule has 0 bridgehead atoms. The van der Waals surface area contributed by atoms with E-state index in [1.165, 1.54) is 17.7 Å². The van der Waals surface area contributed by atoms with Crippen molar-refractivity contribution in [2.45, 2.75) is 24.4 Å². The normalized spacial score (nSPS) is 22.0. The summed E-state index contributed by atoms with van der Waals surface area (Å²) in [6, 6.07) is 25.7. The summed E-state index contributed by atoms with van der Waals surface area (Å²) in [7, 11) is 0. The molecule has 3 aromatic rings. The largest absolute Gasteiger partial charge is 0.416 e. The van der Waals surface area contributed by atoms with Crippen molar-refractivity contribution >= 4 is 11.6 Å². The van der Waals surface area contributed by atoms with E-state index in [0.717, 1.165) is 44.1 Å². The molecule has 5 rings (SSSR count). The SMILES string of the molecule is O=C(NCCc1ccccc1)C1(c2ccccc2)CC1CN1CCN(c2cccc(C(F)(F)F)c2)CC1. The van der Waals surface area contributed by atoms with Crippen molar-refractivity contribution in [2.24, 2.45) is 5.92 Å². The van der Waals surface area contributed by atoms with Gasteiger partial charge in [-0.05, 0) is 48.1 Å². The fourth-order valence-electron chi connectivity index (χ4n) is 5.55. The third-order valence-corrected chi connectivity index (χ3v) is 7.73. The second-order valence-electron chi connectivity index (χ2n) is 10.1. The van der Waals surface area contributed by atoms with E-state index in [0.29, 0.717) is 25.3 Å². The van der Waals surface area contributed by atoms with Crippen LogP contribution in [-0.4, -0.2) is 50.1 Å². The lowest BCUT2D eigenvalue weighted by Gasteiger charge is -2.36. The molecule has 1 saturated carbocycles. The number of anilines is 1. The highest BCUT2D eigenvalue weighted by Crippen LogP contribution is 2.55. The Bertz CT molecular complexity index is 1190. The highest BCUT2D eigenvalue weighted by Gasteiger charge is 2.60. The molecule has 2 fully saturated rings. The molecule has 3 aromatic carbocycles. The van der Waals surface area contributed by atoms with E-state index in [9.17, 15) is 18.0 Å². The molecule has 0 spiro atoms. The molecule has 0 radical (unpaired) electrons. The molecule has 2 atom stereocenters. The molecule has 2 aliphatic rings. The van der Waals surface area contributed by atoms with Crippen LogP contribution in [0.2, 0.25) is 0 Å². The monoisotopic (exact) mass is 507 g/mol. The number of hydrogen-bond acceptors (Lipinski definition) is 3. The van der Waals surface area contributed by atoms with Crippen LogP contribution in [0.5, 0.6) is 0 Å². The van der Waals surface area contributed by atoms with Gasteiger partial charge >= 0.3 is 6.18 Å². The number of alkyl halides is 3. The standard InChI is InChI=1S/C30H32F3N3O/c31-30(32,33)25-12-7-13-27(20-25)36-18-16-35(17-19-36)22-26-21-29(26,24-10-5-2-6-11-24)28(37)34-15-14-23-8-3-1-4-9-23/h1-13,20,26H,14-19,21-22H2,(H,34,37). The molecular weight excluding hydrogens is 475 g/mol. The first-order valence-electron chi connectivity index (χ1n) is 12.9. The predicted molar refractivity (Wildman–Crippen MR) is 139 cm³/mol. The number of halogens is 3. The summed E-state index contributed by atoms with van der Waals surface area (Å²) in [5.41, 5.74) is 1.73. The van der Waals surface area contributed by atoms with Gasteiger partial charge < -0.3 is 10.2 Å². The van der Waals surface area contributed by atoms with Gasteiger partial charge in [-0.3, -0.25) is 9.69 Å². The minimum Gasteiger partial charge on any atom is -0.369 e. The third-order valence-electron chi connectivity index (χ3n) is 7.73. The second kappa shape index (κ2) is 10.6. The summed E-state index contributed by atoms with van der Waals surface area (Å²) < 4.78 is 39.4. The van der Waals surface area contributed by atoms with Crippen LogP contribution >= 0.6 is 0 Å². The zero-order chi connectivity index (χ0) is 25.9. The highest BCUT2D eigenvalue weighted by atomic mass is 19.4. The van der Waals surface area contributed by atoms with Crippen molar-refractivity contribution in [2.75, 3.05) is 44.2 Å². The summed E-state index contributed by atoms with van der Waals surface area (Å²) in [5.74, 6) is 0.300. The minimum atomic E-state index is -4.34. The van der Waals surface area contributed by atoms with E-state index in [1.54, 1.807) is 6.07 Å². The van der Waals surface area contributed by atoms with Crippen LogP contribution in [0.15, 0.2) is 84.9 Å². The van der Waals surface area contributed by atoms with Crippen LogP contribution < -0.4 is 10.2 Å². The van der Waals surface area contributed by atoms with Crippen molar-refractivity contribution in [1.82, 2.24) is 10.2 Å². The number of hydrogen-bond donors (Lipinski definition) is 1. The third kappa shape index (κ3) is 5.67. The lowest BCUT2D eigenvalue weighted by Crippen LogP contribution is -2.48. The molecule has 7 heteroatoms. The molecule has 1 N–H and O–H groups in total. The maximum Gasteiger partial charge on any atom is 0.416 e. The van der Waals surface area contributed by atoms with Crippen LogP contribution in [0.3, 0.4) is 0 Å². The van der Waals surface area contributed by atoms with E-state index in [1.807, 2.05) is 53.4 Å². The quantitative estimate of drug-likeness (QED) is 0.459. The Kier molecular flexibility index (Phi) is 7.24. The van der Waals surface area contributed by atoms with Gasteiger partial charge in [-0.2, -0.15) is 13.2 Å². The van der Waals surface area contributed by atoms with Gasteiger partial charge in [0.15, 0.2) is 0 Å². The fraction of sp³-hybridized carbons (Fsp3) is 0.367. The van der Waals surface area contributed by atoms with Gasteiger partial charge in [-0.1, -0.05) is 66.7 Å². The smallest absolute Gasteiger partial charge is 0.369 e. The maximum atomic E-state index is 13.5. The summed E-state index contributed by atoms with van der Waals surface area (Å²) in [5, 5.41) is 3.19. The number of benzene rings is 3. The average molecular weight is 508 g/mol. The van der Waals surface area contributed by atoms with Crippen molar-refractivity contribution in [3.8, 4) is 0 Å². The van der Waals surface area contributed by atoms with Gasteiger partial charge in [0.1, 0.15) is 0 Å². The molecule has 1 aliphatic carbocycles. The van der Waals surface area contributed by atoms with Crippen LogP contribution in [0, 0.1) is 5.92 Å². The molecule has 4 nitrogen and oxygen atoms in total. The highest BCUT2D eigenvalue weighted by molar-refractivity contribution is 5.92. The number of carbonyl (C=O) groups is 1. The fourth-order valence-corrected chi connectivity index (χ4v) is 5.55.